The van der Waals surface area contributed by atoms with Crippen molar-refractivity contribution in [3.8, 4) is 0 Å². The van der Waals surface area contributed by atoms with Gasteiger partial charge in [0.1, 0.15) is 0 Å². The summed E-state index contributed by atoms with van der Waals surface area (Å²) in [7, 11) is 0. The van der Waals surface area contributed by atoms with Crippen LogP contribution >= 0.6 is 24.4 Å². The zero-order valence-electron chi connectivity index (χ0n) is 8.85. The number of rotatable bonds is 6. The molecule has 2 N–H and O–H groups in total. The largest absolute Gasteiger partial charge is 0.298 e. The van der Waals surface area contributed by atoms with Crippen LogP contribution in [0.25, 0.3) is 0 Å². The van der Waals surface area contributed by atoms with Crippen LogP contribution in [0.5, 0.6) is 0 Å². The summed E-state index contributed by atoms with van der Waals surface area (Å²) in [6.07, 6.45) is 2.41. The Hall–Kier alpha value is 0.279. The first-order chi connectivity index (χ1) is 7.24. The van der Waals surface area contributed by atoms with E-state index in [0.29, 0.717) is 12.6 Å². The van der Waals surface area contributed by atoms with Crippen molar-refractivity contribution in [3.63, 3.8) is 0 Å². The third-order valence-electron chi connectivity index (χ3n) is 0.919. The van der Waals surface area contributed by atoms with Gasteiger partial charge in [0.15, 0.2) is 12.6 Å². The van der Waals surface area contributed by atoms with Crippen molar-refractivity contribution in [3.05, 3.63) is 0 Å². The van der Waals surface area contributed by atoms with Crippen LogP contribution < -0.4 is 5.73 Å². The summed E-state index contributed by atoms with van der Waals surface area (Å²) in [5, 5.41) is 2.06. The van der Waals surface area contributed by atoms with Crippen molar-refractivity contribution in [2.24, 2.45) is 5.73 Å². The van der Waals surface area contributed by atoms with Gasteiger partial charge >= 0.3 is 55.6 Å². The van der Waals surface area contributed by atoms with Gasteiger partial charge in [-0.25, -0.2) is 0 Å². The number of carbonyl (C=O) groups is 2. The molecule has 0 unspecified atom stereocenters. The second-order valence-electron chi connectivity index (χ2n) is 2.04. The van der Waals surface area contributed by atoms with Crippen LogP contribution in [0.4, 0.5) is 0 Å². The van der Waals surface area contributed by atoms with E-state index < -0.39 is 0 Å². The minimum Gasteiger partial charge on any atom is -0.298 e. The van der Waals surface area contributed by atoms with Gasteiger partial charge in [-0.05, 0) is 0 Å². The monoisotopic (exact) mass is 355 g/mol. The molecule has 0 aromatic heterocycles. The molecular formula is C9H17NO2S2Sn. The number of carbonyl (C=O) groups excluding carboxylic acids is 2. The van der Waals surface area contributed by atoms with Crippen molar-refractivity contribution in [1.29, 1.82) is 0 Å². The molecule has 15 heavy (non-hydrogen) atoms. The van der Waals surface area contributed by atoms with Crippen LogP contribution in [0.1, 0.15) is 13.3 Å². The van der Waals surface area contributed by atoms with Crippen molar-refractivity contribution in [2.75, 3.05) is 6.54 Å². The van der Waals surface area contributed by atoms with E-state index in [4.69, 9.17) is 15.3 Å². The van der Waals surface area contributed by atoms with Crippen LogP contribution in [-0.2, 0) is 9.59 Å². The second-order valence-corrected chi connectivity index (χ2v) is 7.46. The fourth-order valence-corrected chi connectivity index (χ4v) is 2.71. The topological polar surface area (TPSA) is 60.2 Å². The van der Waals surface area contributed by atoms with E-state index in [-0.39, 0.29) is 21.1 Å². The van der Waals surface area contributed by atoms with E-state index in [0.717, 1.165) is 17.3 Å². The maximum atomic E-state index is 9.01. The van der Waals surface area contributed by atoms with Gasteiger partial charge in [-0.15, -0.1) is 0 Å². The minimum absolute atomic E-state index is 0.104. The predicted octanol–water partition coefficient (Wildman–Crippen LogP) is 1.27. The molecule has 0 saturated heterocycles. The number of hydrogen-bond donors (Lipinski definition) is 1. The molecule has 2 radical (unpaired) electrons. The van der Waals surface area contributed by atoms with Crippen LogP contribution in [-0.4, -0.2) is 51.0 Å². The number of nitrogens with two attached hydrogens (primary N) is 1. The van der Waals surface area contributed by atoms with Gasteiger partial charge in [-0.3, -0.25) is 9.59 Å². The summed E-state index contributed by atoms with van der Waals surface area (Å²) in [5.41, 5.74) is 5.30. The summed E-state index contributed by atoms with van der Waals surface area (Å²) in [5.74, 6) is 0. The Labute approximate surface area is 112 Å². The Morgan fingerprint density at radius 3 is 1.80 bits per heavy atom. The third-order valence-corrected chi connectivity index (χ3v) is 4.59. The fourth-order valence-electron chi connectivity index (χ4n) is 0.404. The molecule has 0 amide bonds. The van der Waals surface area contributed by atoms with Gasteiger partial charge in [0, 0.05) is 10.7 Å². The Kier molecular flexibility index (Phi) is 40.3. The summed E-state index contributed by atoms with van der Waals surface area (Å²) < 4.78 is 2.96. The van der Waals surface area contributed by atoms with Gasteiger partial charge in [0.05, 0.1) is 0 Å². The van der Waals surface area contributed by atoms with Gasteiger partial charge in [0.25, 0.3) is 0 Å². The molecular weight excluding hydrogens is 337 g/mol. The maximum absolute atomic E-state index is 9.01. The molecule has 0 aliphatic carbocycles. The number of hydrogen-bond acceptors (Lipinski definition) is 5. The van der Waals surface area contributed by atoms with Crippen LogP contribution in [0, 0.1) is 0 Å². The van der Waals surface area contributed by atoms with Crippen molar-refractivity contribution in [2.45, 2.75) is 22.2 Å². The molecule has 0 saturated carbocycles. The Morgan fingerprint density at radius 2 is 1.60 bits per heavy atom. The number of thiocarbonyl (C=S) groups is 2. The molecule has 0 bridgehead atoms. The first kappa shape index (κ1) is 20.7. The summed E-state index contributed by atoms with van der Waals surface area (Å²) in [6, 6.07) is 0. The van der Waals surface area contributed by atoms with E-state index in [1.165, 1.54) is 15.3 Å². The van der Waals surface area contributed by atoms with Crippen molar-refractivity contribution < 1.29 is 9.59 Å². The summed E-state index contributed by atoms with van der Waals surface area (Å²) in [4.78, 5) is 18.0. The molecule has 0 heterocycles. The summed E-state index contributed by atoms with van der Waals surface area (Å²) >= 11 is 8.22. The predicted molar refractivity (Wildman–Crippen MR) is 74.2 cm³/mol. The Bertz CT molecular complexity index is 129. The van der Waals surface area contributed by atoms with E-state index in [2.05, 4.69) is 31.4 Å². The second kappa shape index (κ2) is 29.2. The van der Waals surface area contributed by atoms with Gasteiger partial charge in [-0.2, -0.15) is 0 Å². The van der Waals surface area contributed by atoms with Crippen molar-refractivity contribution >= 4 is 68.9 Å². The summed E-state index contributed by atoms with van der Waals surface area (Å²) in [6.45, 7) is 3.18. The van der Waals surface area contributed by atoms with E-state index in [9.17, 15) is 0 Å². The fraction of sp³-hybridized carbons (Fsp3) is 0.556. The zero-order chi connectivity index (χ0) is 12.4. The quantitative estimate of drug-likeness (QED) is 0.337. The molecule has 0 aromatic carbocycles. The zero-order valence-corrected chi connectivity index (χ0v) is 13.3. The Morgan fingerprint density at radius 1 is 1.20 bits per heavy atom. The molecule has 0 aromatic rings. The number of aldehydes is 2. The molecule has 3 nitrogen and oxygen atoms in total. The van der Waals surface area contributed by atoms with Crippen molar-refractivity contribution in [1.82, 2.24) is 0 Å². The molecule has 0 atom stereocenters. The van der Waals surface area contributed by atoms with E-state index in [1.807, 2.05) is 0 Å². The maximum Gasteiger partial charge on any atom is 0.153 e. The first-order valence-corrected chi connectivity index (χ1v) is 9.41. The van der Waals surface area contributed by atoms with Crippen LogP contribution in [0.15, 0.2) is 0 Å². The van der Waals surface area contributed by atoms with E-state index in [1.54, 1.807) is 0 Å². The van der Waals surface area contributed by atoms with Crippen LogP contribution in [0.2, 0.25) is 8.87 Å². The molecule has 0 spiro atoms. The van der Waals surface area contributed by atoms with Gasteiger partial charge in [-0.1, -0.05) is 24.4 Å². The average molecular weight is 354 g/mol. The molecule has 0 rings (SSSR count). The Balaban J connectivity index is -0.000000155. The van der Waals surface area contributed by atoms with Crippen LogP contribution in [0.3, 0.4) is 0 Å². The molecule has 86 valence electrons. The molecule has 0 aliphatic rings. The average Bonchev–Trinajstić information content (AvgIpc) is 2.30. The first-order valence-electron chi connectivity index (χ1n) is 4.43. The van der Waals surface area contributed by atoms with E-state index >= 15 is 0 Å². The van der Waals surface area contributed by atoms with Gasteiger partial charge in [0.2, 0.25) is 0 Å². The molecule has 0 aliphatic heterocycles. The normalized spacial score (nSPS) is 7.07. The minimum atomic E-state index is 0.104. The van der Waals surface area contributed by atoms with Gasteiger partial charge < -0.3 is 0 Å². The standard InChI is InChI=1S/C3H8N.2C2H2OS.C2H5.Sn/c1-2-3-4;2*3-1-2-4;1-2;/h1-4H2;2*1-2H;1H2,2H3;. The molecule has 6 heteroatoms. The SMILES string of the molecule is C[CH2][Sn][CH2]CCN.O=CC=S.O=CC=S. The third kappa shape index (κ3) is 54.6. The smallest absolute Gasteiger partial charge is 0.153 e. The molecule has 0 fully saturated rings.